The van der Waals surface area contributed by atoms with Crippen LogP contribution in [-0.2, 0) is 19.9 Å². The van der Waals surface area contributed by atoms with Gasteiger partial charge in [-0.25, -0.2) is 21.8 Å². The molecule has 0 bridgehead atoms. The molecule has 1 heterocycles. The van der Waals surface area contributed by atoms with Crippen LogP contribution in [0.4, 0.5) is 10.8 Å². The molecule has 3 rings (SSSR count). The summed E-state index contributed by atoms with van der Waals surface area (Å²) in [5.41, 5.74) is -0.0828. The monoisotopic (exact) mass is 524 g/mol. The van der Waals surface area contributed by atoms with Crippen molar-refractivity contribution >= 4 is 47.9 Å². The molecular formula is C20H20N4O7S3. The molecule has 0 spiro atoms. The predicted octanol–water partition coefficient (Wildman–Crippen LogP) is 3.17. The molecule has 180 valence electrons. The van der Waals surface area contributed by atoms with Crippen LogP contribution in [0.1, 0.15) is 24.2 Å². The Morgan fingerprint density at radius 1 is 1.00 bits per heavy atom. The van der Waals surface area contributed by atoms with E-state index in [0.29, 0.717) is 13.1 Å². The number of nitro benzene ring substituents is 1. The maximum Gasteiger partial charge on any atom is 0.269 e. The minimum absolute atomic E-state index is 0.0188. The highest BCUT2D eigenvalue weighted by Crippen LogP contribution is 2.29. The third kappa shape index (κ3) is 5.14. The zero-order chi connectivity index (χ0) is 25.1. The summed E-state index contributed by atoms with van der Waals surface area (Å²) in [6.07, 6.45) is 1.08. The van der Waals surface area contributed by atoms with Crippen LogP contribution in [0.15, 0.2) is 68.7 Å². The first-order chi connectivity index (χ1) is 16.0. The third-order valence-electron chi connectivity index (χ3n) is 4.79. The van der Waals surface area contributed by atoms with E-state index >= 15 is 0 Å². The number of sulfonamides is 1. The lowest BCUT2D eigenvalue weighted by atomic mass is 10.2. The molecule has 0 saturated carbocycles. The van der Waals surface area contributed by atoms with Crippen LogP contribution in [0.25, 0.3) is 0 Å². The summed E-state index contributed by atoms with van der Waals surface area (Å²) in [5, 5.41) is 13.3. The zero-order valence-corrected chi connectivity index (χ0v) is 20.5. The quantitative estimate of drug-likeness (QED) is 0.330. The van der Waals surface area contributed by atoms with Gasteiger partial charge in [-0.15, -0.1) is 0 Å². The Labute approximate surface area is 200 Å². The van der Waals surface area contributed by atoms with E-state index in [0.717, 1.165) is 41.8 Å². The molecular weight excluding hydrogens is 504 g/mol. The maximum atomic E-state index is 12.7. The van der Waals surface area contributed by atoms with Gasteiger partial charge in [-0.2, -0.15) is 4.31 Å². The topological polar surface area (TPSA) is 157 Å². The number of sulfone groups is 1. The van der Waals surface area contributed by atoms with E-state index in [4.69, 9.17) is 0 Å². The highest BCUT2D eigenvalue weighted by atomic mass is 32.2. The lowest BCUT2D eigenvalue weighted by Crippen LogP contribution is -2.30. The number of thiazole rings is 1. The lowest BCUT2D eigenvalue weighted by molar-refractivity contribution is -0.384. The van der Waals surface area contributed by atoms with Crippen molar-refractivity contribution in [2.24, 2.45) is 0 Å². The fraction of sp³-hybridized carbons (Fsp3) is 0.200. The van der Waals surface area contributed by atoms with E-state index in [-0.39, 0.29) is 30.4 Å². The third-order valence-corrected chi connectivity index (χ3v) is 10.00. The number of carbonyl (C=O) groups is 1. The Morgan fingerprint density at radius 2 is 1.56 bits per heavy atom. The van der Waals surface area contributed by atoms with Crippen molar-refractivity contribution in [3.63, 3.8) is 0 Å². The minimum Gasteiger partial charge on any atom is -0.298 e. The number of nitro groups is 1. The van der Waals surface area contributed by atoms with Crippen LogP contribution in [0.3, 0.4) is 0 Å². The number of carbonyl (C=O) groups excluding carboxylic acids is 1. The van der Waals surface area contributed by atoms with Crippen molar-refractivity contribution in [1.82, 2.24) is 9.29 Å². The second-order valence-electron chi connectivity index (χ2n) is 6.81. The standard InChI is InChI=1S/C20H20N4O7S3/c1-3-23(4-2)34(30,31)17-9-5-14(6-10-17)19(25)22-20-21-13-18(32-20)33(28,29)16-11-7-15(8-12-16)24(26)27/h5-13H,3-4H2,1-2H3,(H,21,22,25). The number of hydrogen-bond donors (Lipinski definition) is 1. The number of non-ortho nitro benzene ring substituents is 1. The average Bonchev–Trinajstić information content (AvgIpc) is 3.29. The van der Waals surface area contributed by atoms with Gasteiger partial charge < -0.3 is 0 Å². The Kier molecular flexibility index (Phi) is 7.45. The molecule has 2 aromatic carbocycles. The molecule has 1 amide bonds. The molecule has 0 radical (unpaired) electrons. The van der Waals surface area contributed by atoms with Gasteiger partial charge in [0.25, 0.3) is 11.6 Å². The molecule has 34 heavy (non-hydrogen) atoms. The number of nitrogens with zero attached hydrogens (tertiary/aromatic N) is 3. The van der Waals surface area contributed by atoms with Gasteiger partial charge >= 0.3 is 0 Å². The molecule has 0 fully saturated rings. The molecule has 0 aliphatic rings. The van der Waals surface area contributed by atoms with Crippen molar-refractivity contribution in [2.75, 3.05) is 18.4 Å². The van der Waals surface area contributed by atoms with E-state index in [2.05, 4.69) is 10.3 Å². The molecule has 0 aliphatic carbocycles. The van der Waals surface area contributed by atoms with Crippen LogP contribution < -0.4 is 5.32 Å². The number of amides is 1. The first kappa shape index (κ1) is 25.4. The Balaban J connectivity index is 1.76. The number of anilines is 1. The summed E-state index contributed by atoms with van der Waals surface area (Å²) in [6.45, 7) is 4.09. The van der Waals surface area contributed by atoms with Crippen molar-refractivity contribution in [2.45, 2.75) is 27.8 Å². The van der Waals surface area contributed by atoms with Crippen LogP contribution in [-0.4, -0.2) is 50.0 Å². The Morgan fingerprint density at radius 3 is 2.09 bits per heavy atom. The van der Waals surface area contributed by atoms with E-state index < -0.39 is 30.7 Å². The van der Waals surface area contributed by atoms with Gasteiger partial charge in [-0.1, -0.05) is 25.2 Å². The lowest BCUT2D eigenvalue weighted by Gasteiger charge is -2.18. The van der Waals surface area contributed by atoms with E-state index in [1.165, 1.54) is 28.6 Å². The number of hydrogen-bond acceptors (Lipinski definition) is 9. The summed E-state index contributed by atoms with van der Waals surface area (Å²) < 4.78 is 51.8. The number of nitrogens with one attached hydrogen (secondary N) is 1. The largest absolute Gasteiger partial charge is 0.298 e. The first-order valence-electron chi connectivity index (χ1n) is 9.87. The molecule has 1 aromatic heterocycles. The van der Waals surface area contributed by atoms with Gasteiger partial charge in [0.2, 0.25) is 19.9 Å². The number of benzene rings is 2. The van der Waals surface area contributed by atoms with Crippen molar-refractivity contribution in [1.29, 1.82) is 0 Å². The SMILES string of the molecule is CCN(CC)S(=O)(=O)c1ccc(C(=O)Nc2ncc(S(=O)(=O)c3ccc([N+](=O)[O-])cc3)s2)cc1. The predicted molar refractivity (Wildman–Crippen MR) is 125 cm³/mol. The number of rotatable bonds is 9. The van der Waals surface area contributed by atoms with Gasteiger partial charge in [0, 0.05) is 30.8 Å². The average molecular weight is 525 g/mol. The Bertz CT molecular complexity index is 1410. The van der Waals surface area contributed by atoms with Gasteiger partial charge in [-0.3, -0.25) is 20.2 Å². The zero-order valence-electron chi connectivity index (χ0n) is 18.0. The minimum atomic E-state index is -3.99. The fourth-order valence-electron chi connectivity index (χ4n) is 2.96. The molecule has 1 N–H and O–H groups in total. The highest BCUT2D eigenvalue weighted by Gasteiger charge is 2.24. The van der Waals surface area contributed by atoms with E-state index in [1.54, 1.807) is 13.8 Å². The van der Waals surface area contributed by atoms with Crippen LogP contribution in [0.2, 0.25) is 0 Å². The summed E-state index contributed by atoms with van der Waals surface area (Å²) in [7, 11) is -7.65. The summed E-state index contributed by atoms with van der Waals surface area (Å²) in [6, 6.07) is 9.78. The van der Waals surface area contributed by atoms with Crippen molar-refractivity contribution < 1.29 is 26.6 Å². The summed E-state index contributed by atoms with van der Waals surface area (Å²) in [4.78, 5) is 26.5. The fourth-order valence-corrected chi connectivity index (χ4v) is 6.85. The van der Waals surface area contributed by atoms with Crippen molar-refractivity contribution in [3.05, 3.63) is 70.4 Å². The van der Waals surface area contributed by atoms with Gasteiger partial charge in [0.1, 0.15) is 4.21 Å². The van der Waals surface area contributed by atoms with Gasteiger partial charge in [-0.05, 0) is 36.4 Å². The normalized spacial score (nSPS) is 12.0. The first-order valence-corrected chi connectivity index (χ1v) is 13.6. The van der Waals surface area contributed by atoms with Crippen LogP contribution >= 0.6 is 11.3 Å². The summed E-state index contributed by atoms with van der Waals surface area (Å²) in [5.74, 6) is -0.597. The smallest absolute Gasteiger partial charge is 0.269 e. The maximum absolute atomic E-state index is 12.7. The van der Waals surface area contributed by atoms with Crippen LogP contribution in [0, 0.1) is 10.1 Å². The molecule has 14 heteroatoms. The molecule has 0 unspecified atom stereocenters. The number of aromatic nitrogens is 1. The van der Waals surface area contributed by atoms with Crippen molar-refractivity contribution in [3.8, 4) is 0 Å². The van der Waals surface area contributed by atoms with E-state index in [1.807, 2.05) is 0 Å². The van der Waals surface area contributed by atoms with E-state index in [9.17, 15) is 31.7 Å². The molecule has 0 atom stereocenters. The molecule has 3 aromatic rings. The van der Waals surface area contributed by atoms with Crippen LogP contribution in [0.5, 0.6) is 0 Å². The summed E-state index contributed by atoms with van der Waals surface area (Å²) >= 11 is 0.718. The molecule has 11 nitrogen and oxygen atoms in total. The van der Waals surface area contributed by atoms with Gasteiger partial charge in [0.05, 0.1) is 20.9 Å². The second kappa shape index (κ2) is 9.97. The highest BCUT2D eigenvalue weighted by molar-refractivity contribution is 7.93. The molecule has 0 saturated heterocycles. The molecule has 0 aliphatic heterocycles. The Hall–Kier alpha value is -3.20. The van der Waals surface area contributed by atoms with Gasteiger partial charge in [0.15, 0.2) is 5.13 Å². The second-order valence-corrected chi connectivity index (χ2v) is 12.0.